The summed E-state index contributed by atoms with van der Waals surface area (Å²) in [7, 11) is 3.49. The highest BCUT2D eigenvalue weighted by Gasteiger charge is 2.22. The third-order valence-corrected chi connectivity index (χ3v) is 5.10. The van der Waals surface area contributed by atoms with E-state index in [1.165, 1.54) is 12.8 Å². The highest BCUT2D eigenvalue weighted by Crippen LogP contribution is 2.25. The molecule has 0 unspecified atom stereocenters. The van der Waals surface area contributed by atoms with Gasteiger partial charge in [-0.05, 0) is 40.5 Å². The molecule has 1 fully saturated rings. The Labute approximate surface area is 216 Å². The lowest BCUT2D eigenvalue weighted by atomic mass is 10.2. The van der Waals surface area contributed by atoms with Crippen LogP contribution in [0.1, 0.15) is 79.7 Å². The third kappa shape index (κ3) is 9.17. The average molecular weight is 503 g/mol. The summed E-state index contributed by atoms with van der Waals surface area (Å²) in [6.07, 6.45) is 11.9. The van der Waals surface area contributed by atoms with Gasteiger partial charge in [-0.3, -0.25) is 4.68 Å². The van der Waals surface area contributed by atoms with Crippen molar-refractivity contribution >= 4 is 11.6 Å². The molecule has 0 saturated carbocycles. The first-order valence-electron chi connectivity index (χ1n) is 13.0. The van der Waals surface area contributed by atoms with Crippen LogP contribution in [-0.4, -0.2) is 61.2 Å². The van der Waals surface area contributed by atoms with Crippen molar-refractivity contribution in [2.75, 3.05) is 20.2 Å². The van der Waals surface area contributed by atoms with E-state index in [-0.39, 0.29) is 11.7 Å². The molecule has 0 bridgehead atoms. The number of amides is 1. The van der Waals surface area contributed by atoms with Crippen molar-refractivity contribution in [3.63, 3.8) is 0 Å². The van der Waals surface area contributed by atoms with Crippen LogP contribution in [0.2, 0.25) is 0 Å². The van der Waals surface area contributed by atoms with E-state index in [0.29, 0.717) is 5.88 Å². The number of fused-ring (bicyclic) bond motifs is 1. The second-order valence-corrected chi connectivity index (χ2v) is 9.04. The molecule has 3 aromatic heterocycles. The summed E-state index contributed by atoms with van der Waals surface area (Å²) in [6.45, 7) is 17.4. The topological polar surface area (TPSA) is 86.8 Å². The van der Waals surface area contributed by atoms with E-state index in [1.807, 2.05) is 79.7 Å². The Balaban J connectivity index is 0.000000325. The average Bonchev–Trinajstić information content (AvgIpc) is 3.35. The largest absolute Gasteiger partial charge is 0.479 e. The molecule has 4 rings (SSSR count). The second kappa shape index (κ2) is 15.1. The van der Waals surface area contributed by atoms with E-state index in [4.69, 9.17) is 9.47 Å². The maximum atomic E-state index is 11.7. The predicted octanol–water partition coefficient (Wildman–Crippen LogP) is 6.30. The number of carbonyl (C=O) groups is 1. The van der Waals surface area contributed by atoms with E-state index in [9.17, 15) is 4.79 Å². The van der Waals surface area contributed by atoms with Crippen LogP contribution in [-0.2, 0) is 11.8 Å². The Morgan fingerprint density at radius 2 is 1.56 bits per heavy atom. The van der Waals surface area contributed by atoms with E-state index >= 15 is 0 Å². The Morgan fingerprint density at radius 1 is 0.944 bits per heavy atom. The first kappa shape index (κ1) is 30.9. The summed E-state index contributed by atoms with van der Waals surface area (Å²) in [5.74, 6) is 0.575. The summed E-state index contributed by atoms with van der Waals surface area (Å²) >= 11 is 0. The van der Waals surface area contributed by atoms with E-state index < -0.39 is 0 Å². The maximum Gasteiger partial charge on any atom is 0.410 e. The molecule has 9 heteroatoms. The summed E-state index contributed by atoms with van der Waals surface area (Å²) in [6, 6.07) is 0. The van der Waals surface area contributed by atoms with Crippen molar-refractivity contribution in [1.29, 1.82) is 0 Å². The smallest absolute Gasteiger partial charge is 0.410 e. The quantitative estimate of drug-likeness (QED) is 0.409. The Bertz CT molecular complexity index is 1040. The molecular formula is C27H46N6O3. The van der Waals surface area contributed by atoms with Gasteiger partial charge in [0.1, 0.15) is 11.1 Å². The van der Waals surface area contributed by atoms with Crippen molar-refractivity contribution in [1.82, 2.24) is 29.3 Å². The Morgan fingerprint density at radius 3 is 2.06 bits per heavy atom. The summed E-state index contributed by atoms with van der Waals surface area (Å²) in [4.78, 5) is 18.0. The number of aromatic nitrogens is 5. The van der Waals surface area contributed by atoms with Gasteiger partial charge in [0.2, 0.25) is 5.88 Å². The summed E-state index contributed by atoms with van der Waals surface area (Å²) in [5, 5.41) is 8.43. The lowest BCUT2D eigenvalue weighted by Crippen LogP contribution is -2.37. The number of nitrogens with zero attached hydrogens (tertiary/aromatic N) is 6. The molecule has 3 aromatic rings. The Hall–Kier alpha value is -3.10. The van der Waals surface area contributed by atoms with Crippen molar-refractivity contribution in [2.24, 2.45) is 7.05 Å². The normalized spacial score (nSPS) is 13.2. The first-order chi connectivity index (χ1) is 17.2. The van der Waals surface area contributed by atoms with Gasteiger partial charge in [0.05, 0.1) is 31.4 Å². The lowest BCUT2D eigenvalue weighted by Gasteiger charge is -2.26. The molecule has 4 heterocycles. The fourth-order valence-corrected chi connectivity index (χ4v) is 3.53. The molecule has 9 nitrogen and oxygen atoms in total. The van der Waals surface area contributed by atoms with Crippen LogP contribution in [0.4, 0.5) is 4.79 Å². The van der Waals surface area contributed by atoms with Crippen molar-refractivity contribution < 1.29 is 14.3 Å². The van der Waals surface area contributed by atoms with Crippen LogP contribution in [0.5, 0.6) is 5.88 Å². The van der Waals surface area contributed by atoms with Crippen LogP contribution in [0.15, 0.2) is 24.8 Å². The molecule has 0 N–H and O–H groups in total. The minimum Gasteiger partial charge on any atom is -0.479 e. The molecule has 0 radical (unpaired) electrons. The van der Waals surface area contributed by atoms with Crippen LogP contribution in [0.25, 0.3) is 16.8 Å². The van der Waals surface area contributed by atoms with E-state index in [0.717, 1.165) is 48.3 Å². The summed E-state index contributed by atoms with van der Waals surface area (Å²) < 4.78 is 14.2. The van der Waals surface area contributed by atoms with Crippen molar-refractivity contribution in [3.05, 3.63) is 30.4 Å². The van der Waals surface area contributed by atoms with Crippen LogP contribution < -0.4 is 4.74 Å². The van der Waals surface area contributed by atoms with Gasteiger partial charge < -0.3 is 14.4 Å². The number of likely N-dealkylation sites (tertiary alicyclic amines) is 1. The molecule has 1 aliphatic rings. The number of ether oxygens (including phenoxy) is 2. The molecule has 0 spiro atoms. The molecule has 202 valence electrons. The molecule has 36 heavy (non-hydrogen) atoms. The van der Waals surface area contributed by atoms with Crippen LogP contribution in [0.3, 0.4) is 0 Å². The zero-order valence-corrected chi connectivity index (χ0v) is 24.0. The van der Waals surface area contributed by atoms with E-state index in [1.54, 1.807) is 28.7 Å². The number of hydrogen-bond donors (Lipinski definition) is 0. The standard InChI is InChI=1S/C12H13N5O.C11H21NO2.2C2H6/c1-8-4-14-17-7-10(9-5-13-16(2)6-9)15-12(18-3)11(8)17;1-11(2,3)14-10(13)12-8-6-4-5-7-9-12;2*1-2/h4-7H,1-3H3;4-9H2,1-3H3;2*1-2H3. The van der Waals surface area contributed by atoms with E-state index in [2.05, 4.69) is 15.2 Å². The lowest BCUT2D eigenvalue weighted by molar-refractivity contribution is 0.0257. The first-order valence-corrected chi connectivity index (χ1v) is 13.0. The summed E-state index contributed by atoms with van der Waals surface area (Å²) in [5.41, 5.74) is 3.28. The molecule has 1 saturated heterocycles. The van der Waals surface area contributed by atoms with Gasteiger partial charge in [-0.2, -0.15) is 10.2 Å². The second-order valence-electron chi connectivity index (χ2n) is 9.04. The van der Waals surface area contributed by atoms with Gasteiger partial charge in [-0.1, -0.05) is 40.5 Å². The van der Waals surface area contributed by atoms with Gasteiger partial charge in [0.25, 0.3) is 0 Å². The molecule has 1 amide bonds. The highest BCUT2D eigenvalue weighted by molar-refractivity contribution is 5.68. The molecule has 0 aromatic carbocycles. The third-order valence-electron chi connectivity index (χ3n) is 5.10. The van der Waals surface area contributed by atoms with Gasteiger partial charge in [0.15, 0.2) is 0 Å². The molecular weight excluding hydrogens is 456 g/mol. The number of methoxy groups -OCH3 is 1. The van der Waals surface area contributed by atoms with Crippen LogP contribution >= 0.6 is 0 Å². The predicted molar refractivity (Wildman–Crippen MR) is 145 cm³/mol. The maximum absolute atomic E-state index is 11.7. The fraction of sp³-hybridized carbons (Fsp3) is 0.630. The number of aryl methyl sites for hydroxylation is 2. The zero-order valence-electron chi connectivity index (χ0n) is 24.0. The van der Waals surface area contributed by atoms with Crippen molar-refractivity contribution in [2.45, 2.75) is 86.7 Å². The molecule has 0 aliphatic carbocycles. The molecule has 0 atom stereocenters. The highest BCUT2D eigenvalue weighted by atomic mass is 16.6. The zero-order chi connectivity index (χ0) is 27.3. The Kier molecular flexibility index (Phi) is 13.0. The van der Waals surface area contributed by atoms with Crippen molar-refractivity contribution in [3.8, 4) is 17.1 Å². The van der Waals surface area contributed by atoms with Gasteiger partial charge >= 0.3 is 6.09 Å². The van der Waals surface area contributed by atoms with Crippen LogP contribution in [0, 0.1) is 6.92 Å². The number of rotatable bonds is 2. The number of hydrogen-bond acceptors (Lipinski definition) is 6. The molecule has 1 aliphatic heterocycles. The fourth-order valence-electron chi connectivity index (χ4n) is 3.53. The number of carbonyl (C=O) groups excluding carboxylic acids is 1. The monoisotopic (exact) mass is 502 g/mol. The van der Waals surface area contributed by atoms with Gasteiger partial charge in [-0.15, -0.1) is 0 Å². The van der Waals surface area contributed by atoms with Gasteiger partial charge in [-0.25, -0.2) is 14.3 Å². The minimum atomic E-state index is -0.372. The van der Waals surface area contributed by atoms with Gasteiger partial charge in [0, 0.05) is 37.5 Å². The SMILES string of the molecule is CC.CC.CC(C)(C)OC(=O)N1CCCCCC1.COc1nc(-c2cnn(C)c2)cn2ncc(C)c12. The minimum absolute atomic E-state index is 0.153.